The predicted octanol–water partition coefficient (Wildman–Crippen LogP) is -2.09. The van der Waals surface area contributed by atoms with E-state index in [1.807, 2.05) is 26.8 Å². The van der Waals surface area contributed by atoms with Crippen LogP contribution in [0.4, 0.5) is 0 Å². The number of carbonyl (C=O) groups is 1. The Morgan fingerprint density at radius 1 is 0.628 bits per heavy atom. The van der Waals surface area contributed by atoms with Crippen LogP contribution in [0.1, 0.15) is 107 Å². The molecule has 3 saturated carbocycles. The Hall–Kier alpha value is -1.67. The minimum absolute atomic E-state index is 0.0338. The third-order valence-electron chi connectivity index (χ3n) is 21.1. The lowest BCUT2D eigenvalue weighted by atomic mass is 9.40. The van der Waals surface area contributed by atoms with Gasteiger partial charge in [0.1, 0.15) is 103 Å². The van der Waals surface area contributed by atoms with Gasteiger partial charge in [-0.25, -0.2) is 0 Å². The first-order chi connectivity index (χ1) is 36.5. The zero-order valence-corrected chi connectivity index (χ0v) is 46.0. The van der Waals surface area contributed by atoms with E-state index in [4.69, 9.17) is 52.1 Å². The molecule has 29 atom stereocenters. The molecule has 24 heteroatoms. The van der Waals surface area contributed by atoms with Gasteiger partial charge >= 0.3 is 5.97 Å². The predicted molar refractivity (Wildman–Crippen MR) is 263 cm³/mol. The molecule has 78 heavy (non-hydrogen) atoms. The topological polar surface area (TPSA) is 361 Å². The van der Waals surface area contributed by atoms with Crippen LogP contribution in [-0.4, -0.2) is 246 Å². The molecule has 10 aliphatic rings. The highest BCUT2D eigenvalue weighted by atomic mass is 16.8. The van der Waals surface area contributed by atoms with E-state index in [1.165, 1.54) is 14.0 Å². The molecular formula is C54H86O24. The lowest BCUT2D eigenvalue weighted by Gasteiger charge is -2.64. The largest absolute Gasteiger partial charge is 0.453 e. The summed E-state index contributed by atoms with van der Waals surface area (Å²) in [6.07, 6.45) is -26.0. The highest BCUT2D eigenvalue weighted by molar-refractivity contribution is 5.86. The van der Waals surface area contributed by atoms with Gasteiger partial charge in [0, 0.05) is 7.11 Å². The molecule has 0 radical (unpaired) electrons. The first-order valence-corrected chi connectivity index (χ1v) is 27.9. The summed E-state index contributed by atoms with van der Waals surface area (Å²) in [5.41, 5.74) is -6.01. The summed E-state index contributed by atoms with van der Waals surface area (Å²) < 4.78 is 66.1. The molecule has 12 N–H and O–H groups in total. The van der Waals surface area contributed by atoms with E-state index in [-0.39, 0.29) is 24.9 Å². The van der Waals surface area contributed by atoms with E-state index in [9.17, 15) is 66.1 Å². The number of methoxy groups -OCH3 is 1. The zero-order chi connectivity index (χ0) is 56.8. The van der Waals surface area contributed by atoms with Crippen LogP contribution >= 0.6 is 0 Å². The van der Waals surface area contributed by atoms with E-state index >= 15 is 0 Å². The first kappa shape index (κ1) is 59.5. The van der Waals surface area contributed by atoms with E-state index < -0.39 is 193 Å². The number of hydrogen-bond acceptors (Lipinski definition) is 24. The Bertz CT molecular complexity index is 2220. The minimum atomic E-state index is -1.92. The fourth-order valence-corrected chi connectivity index (χ4v) is 16.7. The summed E-state index contributed by atoms with van der Waals surface area (Å²) in [6.45, 7) is 13.8. The van der Waals surface area contributed by atoms with Gasteiger partial charge in [0.05, 0.1) is 43.7 Å². The molecule has 446 valence electrons. The number of aliphatic hydroxyl groups is 12. The van der Waals surface area contributed by atoms with Crippen molar-refractivity contribution in [2.45, 2.75) is 259 Å². The number of aliphatic hydroxyl groups excluding tert-OH is 11. The quantitative estimate of drug-likeness (QED) is 0.0566. The van der Waals surface area contributed by atoms with E-state index in [2.05, 4.69) is 20.8 Å². The summed E-state index contributed by atoms with van der Waals surface area (Å²) in [6, 6.07) is 0. The van der Waals surface area contributed by atoms with Gasteiger partial charge in [0.15, 0.2) is 30.8 Å². The Balaban J connectivity index is 0.823. The number of ether oxygens (including phenoxy) is 11. The molecule has 9 fully saturated rings. The maximum atomic E-state index is 14.6. The molecule has 1 spiro atoms. The monoisotopic (exact) mass is 1120 g/mol. The van der Waals surface area contributed by atoms with E-state index in [1.54, 1.807) is 6.92 Å². The number of allylic oxidation sites excluding steroid dienone is 1. The van der Waals surface area contributed by atoms with Gasteiger partial charge < -0.3 is 113 Å². The van der Waals surface area contributed by atoms with E-state index in [0.717, 1.165) is 12.0 Å². The molecule has 0 aromatic rings. The standard InChI is InChI=1S/C54H86O24/c1-22-39(74-45-38(65)41(34(61)27(20-56)72-45)75-44-37(64)40(68-9)33(60)26(19-55)71-44)35(62)36(63)43(70-22)76-42-32(59)25(57)21-69-46(42)73-30-13-15-50(6)24-18-29(58)54-47(66)78-52(8,31-12-14-48(2,3)77-31)53(54,67)17-16-51(54,7)23(24)10-11-28(50)49(30,4)5/h18,22-23,25-46,55-65,67H,10-17,19-21H2,1-9H3. The number of fused-ring (bicyclic) bond motifs is 4. The van der Waals surface area contributed by atoms with Crippen molar-refractivity contribution in [3.05, 3.63) is 11.6 Å². The normalized spacial score (nSPS) is 55.6. The average Bonchev–Trinajstić information content (AvgIpc) is 3.23. The van der Waals surface area contributed by atoms with Gasteiger partial charge in [0.2, 0.25) is 0 Å². The molecule has 0 aromatic carbocycles. The Labute approximate surface area is 453 Å². The van der Waals surface area contributed by atoms with Crippen molar-refractivity contribution in [1.29, 1.82) is 0 Å². The molecule has 6 aliphatic heterocycles. The minimum Gasteiger partial charge on any atom is -0.453 e. The highest BCUT2D eigenvalue weighted by Crippen LogP contribution is 2.77. The second-order valence-electron chi connectivity index (χ2n) is 26.0. The molecule has 10 rings (SSSR count). The second-order valence-corrected chi connectivity index (χ2v) is 26.0. The van der Waals surface area contributed by atoms with Gasteiger partial charge in [-0.15, -0.1) is 0 Å². The van der Waals surface area contributed by atoms with Gasteiger partial charge in [-0.2, -0.15) is 0 Å². The Morgan fingerprint density at radius 3 is 1.85 bits per heavy atom. The molecule has 6 saturated heterocycles. The third-order valence-corrected chi connectivity index (χ3v) is 21.1. The van der Waals surface area contributed by atoms with Crippen LogP contribution in [0.5, 0.6) is 0 Å². The Kier molecular flexibility index (Phi) is 15.9. The highest BCUT2D eigenvalue weighted by Gasteiger charge is 2.87. The Morgan fingerprint density at radius 2 is 1.23 bits per heavy atom. The van der Waals surface area contributed by atoms with Crippen molar-refractivity contribution in [1.82, 2.24) is 0 Å². The van der Waals surface area contributed by atoms with Gasteiger partial charge in [-0.05, 0) is 107 Å². The van der Waals surface area contributed by atoms with Gasteiger partial charge in [-0.1, -0.05) is 39.3 Å². The SMILES string of the molecule is COC1C(O)C(CO)OC(OC2C(O)C(CO)OC(OC3C(C)OC(OC4C(OC5CCC6(C)C7=CC(O)C89C(=O)OC(C)(C%10CCC(C)(C)O%10)C8(O)CCC9(C)C7CCC6C5(C)C)OCC(O)C4O)C(O)C3O)C2O)C1O. The van der Waals surface area contributed by atoms with Gasteiger partial charge in [0.25, 0.3) is 0 Å². The smallest absolute Gasteiger partial charge is 0.319 e. The lowest BCUT2D eigenvalue weighted by Crippen LogP contribution is -2.69. The van der Waals surface area contributed by atoms with Crippen molar-refractivity contribution >= 4 is 5.97 Å². The van der Waals surface area contributed by atoms with Crippen molar-refractivity contribution < 1.29 is 118 Å². The number of hydrogen-bond donors (Lipinski definition) is 12. The second kappa shape index (κ2) is 20.8. The van der Waals surface area contributed by atoms with Crippen molar-refractivity contribution in [2.24, 2.45) is 33.5 Å². The fraction of sp³-hybridized carbons (Fsp3) is 0.944. The van der Waals surface area contributed by atoms with Crippen LogP contribution < -0.4 is 0 Å². The molecule has 0 aromatic heterocycles. The fourth-order valence-electron chi connectivity index (χ4n) is 16.7. The number of rotatable bonds is 12. The van der Waals surface area contributed by atoms with Crippen molar-refractivity contribution in [3.63, 3.8) is 0 Å². The molecule has 0 bridgehead atoms. The molecule has 4 aliphatic carbocycles. The summed E-state index contributed by atoms with van der Waals surface area (Å²) in [5.74, 6) is -0.775. The number of cyclic esters (lactones) is 1. The molecular weight excluding hydrogens is 1030 g/mol. The molecule has 24 nitrogen and oxygen atoms in total. The summed E-state index contributed by atoms with van der Waals surface area (Å²) in [5, 5.41) is 135. The van der Waals surface area contributed by atoms with Crippen molar-refractivity contribution in [3.8, 4) is 0 Å². The summed E-state index contributed by atoms with van der Waals surface area (Å²) >= 11 is 0. The molecule has 6 heterocycles. The average molecular weight is 1120 g/mol. The van der Waals surface area contributed by atoms with Crippen LogP contribution in [0.25, 0.3) is 0 Å². The zero-order valence-electron chi connectivity index (χ0n) is 46.0. The van der Waals surface area contributed by atoms with Crippen LogP contribution in [0.3, 0.4) is 0 Å². The summed E-state index contributed by atoms with van der Waals surface area (Å²) in [4.78, 5) is 14.6. The van der Waals surface area contributed by atoms with Crippen LogP contribution in [0.15, 0.2) is 11.6 Å². The van der Waals surface area contributed by atoms with Crippen LogP contribution in [-0.2, 0) is 56.9 Å². The number of carbonyl (C=O) groups excluding carboxylic acids is 1. The van der Waals surface area contributed by atoms with Crippen molar-refractivity contribution in [2.75, 3.05) is 26.9 Å². The third kappa shape index (κ3) is 8.70. The molecule has 0 amide bonds. The maximum absolute atomic E-state index is 14.6. The summed E-state index contributed by atoms with van der Waals surface area (Å²) in [7, 11) is 1.20. The van der Waals surface area contributed by atoms with Gasteiger partial charge in [-0.3, -0.25) is 4.79 Å². The van der Waals surface area contributed by atoms with E-state index in [0.29, 0.717) is 38.5 Å². The van der Waals surface area contributed by atoms with Crippen LogP contribution in [0.2, 0.25) is 0 Å². The maximum Gasteiger partial charge on any atom is 0.319 e. The lowest BCUT2D eigenvalue weighted by molar-refractivity contribution is -0.389. The first-order valence-electron chi connectivity index (χ1n) is 27.9. The van der Waals surface area contributed by atoms with Crippen LogP contribution in [0, 0.1) is 33.5 Å². The number of esters is 1. The molecule has 29 unspecified atom stereocenters.